The van der Waals surface area contributed by atoms with Crippen LogP contribution in [0.15, 0.2) is 40.4 Å². The molecular formula is C12H15N3S. The molecule has 0 fully saturated rings. The summed E-state index contributed by atoms with van der Waals surface area (Å²) in [5.74, 6) is 1.79. The van der Waals surface area contributed by atoms with Crippen molar-refractivity contribution in [2.45, 2.75) is 12.7 Å². The zero-order valence-electron chi connectivity index (χ0n) is 9.31. The fraction of sp³-hybridized carbons (Fsp3) is 0.167. The predicted molar refractivity (Wildman–Crippen MR) is 73.9 cm³/mol. The molecule has 3 nitrogen and oxygen atoms in total. The van der Waals surface area contributed by atoms with Crippen LogP contribution in [-0.4, -0.2) is 17.9 Å². The Labute approximate surface area is 100 Å². The average molecular weight is 233 g/mol. The van der Waals surface area contributed by atoms with E-state index in [0.29, 0.717) is 0 Å². The van der Waals surface area contributed by atoms with Crippen LogP contribution in [0, 0.1) is 6.92 Å². The van der Waals surface area contributed by atoms with E-state index in [4.69, 9.17) is 0 Å². The molecule has 0 saturated carbocycles. The maximum absolute atomic E-state index is 4.23. The molecule has 0 unspecified atom stereocenters. The van der Waals surface area contributed by atoms with Crippen molar-refractivity contribution in [3.05, 3.63) is 41.6 Å². The van der Waals surface area contributed by atoms with E-state index in [1.54, 1.807) is 30.3 Å². The minimum Gasteiger partial charge on any atom is -0.346 e. The Bertz CT molecular complexity index is 416. The number of hydrogen-bond donors (Lipinski definition) is 1. The molecule has 1 aromatic rings. The van der Waals surface area contributed by atoms with E-state index in [-0.39, 0.29) is 0 Å². The Hall–Kier alpha value is -1.55. The van der Waals surface area contributed by atoms with Gasteiger partial charge < -0.3 is 4.98 Å². The molecule has 0 radical (unpaired) electrons. The maximum Gasteiger partial charge on any atom is 0.133 e. The molecule has 0 bridgehead atoms. The summed E-state index contributed by atoms with van der Waals surface area (Å²) in [4.78, 5) is 11.0. The highest BCUT2D eigenvalue weighted by atomic mass is 32.2. The van der Waals surface area contributed by atoms with Crippen LogP contribution in [0.3, 0.4) is 0 Å². The van der Waals surface area contributed by atoms with Gasteiger partial charge in [-0.05, 0) is 30.2 Å². The van der Waals surface area contributed by atoms with Gasteiger partial charge in [-0.1, -0.05) is 12.7 Å². The maximum atomic E-state index is 4.23. The van der Waals surface area contributed by atoms with Crippen LogP contribution in [0.5, 0.6) is 0 Å². The van der Waals surface area contributed by atoms with E-state index >= 15 is 0 Å². The number of nitrogens with one attached hydrogen (secondary N) is 1. The monoisotopic (exact) mass is 233 g/mol. The van der Waals surface area contributed by atoms with E-state index in [0.717, 1.165) is 11.6 Å². The lowest BCUT2D eigenvalue weighted by Crippen LogP contribution is -1.78. The largest absolute Gasteiger partial charge is 0.346 e. The second kappa shape index (κ2) is 6.85. The van der Waals surface area contributed by atoms with Crippen LogP contribution in [0.1, 0.15) is 11.1 Å². The summed E-state index contributed by atoms with van der Waals surface area (Å²) in [7, 11) is 0. The van der Waals surface area contributed by atoms with Gasteiger partial charge in [0, 0.05) is 24.4 Å². The average Bonchev–Trinajstić information content (AvgIpc) is 2.64. The molecule has 0 saturated heterocycles. The van der Waals surface area contributed by atoms with E-state index in [9.17, 15) is 0 Å². The lowest BCUT2D eigenvalue weighted by molar-refractivity contribution is 1.32. The van der Waals surface area contributed by atoms with Crippen LogP contribution in [0.4, 0.5) is 5.82 Å². The molecule has 0 amide bonds. The molecular weight excluding hydrogens is 218 g/mol. The molecule has 0 aliphatic rings. The van der Waals surface area contributed by atoms with Gasteiger partial charge in [-0.3, -0.25) is 4.99 Å². The smallest absolute Gasteiger partial charge is 0.133 e. The first-order chi connectivity index (χ1) is 7.79. The van der Waals surface area contributed by atoms with Gasteiger partial charge >= 0.3 is 0 Å². The summed E-state index contributed by atoms with van der Waals surface area (Å²) in [5.41, 5.74) is 2.42. The van der Waals surface area contributed by atoms with Gasteiger partial charge in [-0.25, -0.2) is 4.99 Å². The molecule has 0 aromatic carbocycles. The standard InChI is InChI=1S/C12H15N3S/c1-4-5-14-12-10(2)11(8-15-12)9-16-7-6-13-3/h4-8,15H,1,3,9H2,2H3/b7-6-,14-5-. The van der Waals surface area contributed by atoms with Crippen LogP contribution in [0.2, 0.25) is 0 Å². The Morgan fingerprint density at radius 1 is 1.56 bits per heavy atom. The van der Waals surface area contributed by atoms with E-state index in [1.165, 1.54) is 11.1 Å². The lowest BCUT2D eigenvalue weighted by atomic mass is 10.2. The van der Waals surface area contributed by atoms with Gasteiger partial charge in [0.15, 0.2) is 0 Å². The molecule has 84 valence electrons. The van der Waals surface area contributed by atoms with E-state index in [1.807, 2.05) is 11.6 Å². The summed E-state index contributed by atoms with van der Waals surface area (Å²) in [6, 6.07) is 0. The Morgan fingerprint density at radius 2 is 2.38 bits per heavy atom. The molecule has 0 atom stereocenters. The normalized spacial score (nSPS) is 11.3. The van der Waals surface area contributed by atoms with Gasteiger partial charge in [0.2, 0.25) is 0 Å². The number of aromatic nitrogens is 1. The third kappa shape index (κ3) is 3.55. The van der Waals surface area contributed by atoms with Gasteiger partial charge in [0.25, 0.3) is 0 Å². The van der Waals surface area contributed by atoms with Crippen molar-refractivity contribution in [1.29, 1.82) is 0 Å². The Kier molecular flexibility index (Phi) is 5.36. The van der Waals surface area contributed by atoms with Crippen molar-refractivity contribution in [2.24, 2.45) is 9.98 Å². The molecule has 1 heterocycles. The van der Waals surface area contributed by atoms with Gasteiger partial charge in [-0.15, -0.1) is 11.8 Å². The Morgan fingerprint density at radius 3 is 3.06 bits per heavy atom. The number of aromatic amines is 1. The Balaban J connectivity index is 2.64. The second-order valence-electron chi connectivity index (χ2n) is 3.08. The van der Waals surface area contributed by atoms with E-state index in [2.05, 4.69) is 35.2 Å². The quantitative estimate of drug-likeness (QED) is 0.749. The third-order valence-electron chi connectivity index (χ3n) is 2.03. The van der Waals surface area contributed by atoms with Crippen LogP contribution in [0.25, 0.3) is 0 Å². The minimum atomic E-state index is 0.890. The zero-order chi connectivity index (χ0) is 11.8. The molecule has 1 N–H and O–H groups in total. The first kappa shape index (κ1) is 12.5. The lowest BCUT2D eigenvalue weighted by Gasteiger charge is -1.96. The first-order valence-electron chi connectivity index (χ1n) is 4.84. The van der Waals surface area contributed by atoms with Crippen molar-refractivity contribution in [1.82, 2.24) is 4.98 Å². The summed E-state index contributed by atoms with van der Waals surface area (Å²) in [6.07, 6.45) is 7.00. The minimum absolute atomic E-state index is 0.890. The number of thioether (sulfide) groups is 1. The summed E-state index contributed by atoms with van der Waals surface area (Å²) in [5, 5.41) is 1.92. The predicted octanol–water partition coefficient (Wildman–Crippen LogP) is 3.62. The molecule has 1 aromatic heterocycles. The topological polar surface area (TPSA) is 40.5 Å². The van der Waals surface area contributed by atoms with E-state index < -0.39 is 0 Å². The summed E-state index contributed by atoms with van der Waals surface area (Å²) < 4.78 is 0. The fourth-order valence-corrected chi connectivity index (χ4v) is 1.91. The number of rotatable bonds is 6. The molecule has 0 aliphatic heterocycles. The zero-order valence-corrected chi connectivity index (χ0v) is 10.1. The number of nitrogens with zero attached hydrogens (tertiary/aromatic N) is 2. The molecule has 0 spiro atoms. The highest BCUT2D eigenvalue weighted by molar-refractivity contribution is 8.01. The van der Waals surface area contributed by atoms with Crippen LogP contribution >= 0.6 is 11.8 Å². The number of hydrogen-bond acceptors (Lipinski definition) is 3. The molecule has 1 rings (SSSR count). The molecule has 4 heteroatoms. The van der Waals surface area contributed by atoms with Crippen molar-refractivity contribution in [3.8, 4) is 0 Å². The van der Waals surface area contributed by atoms with Crippen LogP contribution < -0.4 is 0 Å². The summed E-state index contributed by atoms with van der Waals surface area (Å²) in [6.45, 7) is 9.02. The third-order valence-corrected chi connectivity index (χ3v) is 2.82. The molecule has 0 aliphatic carbocycles. The number of H-pyrrole nitrogens is 1. The van der Waals surface area contributed by atoms with Gasteiger partial charge in [0.1, 0.15) is 5.82 Å². The number of allylic oxidation sites excluding steroid dienone is 1. The second-order valence-corrected chi connectivity index (χ2v) is 3.97. The fourth-order valence-electron chi connectivity index (χ4n) is 1.16. The summed E-state index contributed by atoms with van der Waals surface area (Å²) >= 11 is 1.68. The highest BCUT2D eigenvalue weighted by Gasteiger charge is 2.04. The van der Waals surface area contributed by atoms with Gasteiger partial charge in [0.05, 0.1) is 0 Å². The van der Waals surface area contributed by atoms with Crippen molar-refractivity contribution in [2.75, 3.05) is 0 Å². The van der Waals surface area contributed by atoms with Crippen LogP contribution in [-0.2, 0) is 5.75 Å². The number of aliphatic imine (C=N–C) groups is 2. The first-order valence-corrected chi connectivity index (χ1v) is 5.89. The highest BCUT2D eigenvalue weighted by Crippen LogP contribution is 2.24. The molecule has 16 heavy (non-hydrogen) atoms. The van der Waals surface area contributed by atoms with Crippen molar-refractivity contribution >= 4 is 30.5 Å². The van der Waals surface area contributed by atoms with Crippen molar-refractivity contribution in [3.63, 3.8) is 0 Å². The van der Waals surface area contributed by atoms with Crippen molar-refractivity contribution < 1.29 is 0 Å². The van der Waals surface area contributed by atoms with Gasteiger partial charge in [-0.2, -0.15) is 0 Å². The SMILES string of the molecule is C=C/C=N\c1[nH]cc(CS/C=C\N=C)c1C.